The van der Waals surface area contributed by atoms with Crippen LogP contribution in [0.5, 0.6) is 5.75 Å². The van der Waals surface area contributed by atoms with Crippen LogP contribution in [-0.4, -0.2) is 28.8 Å². The molecule has 0 amide bonds. The summed E-state index contributed by atoms with van der Waals surface area (Å²) in [4.78, 5) is 21.7. The fraction of sp³-hybridized carbons (Fsp3) is 0.545. The zero-order valence-corrected chi connectivity index (χ0v) is 16.1. The molecule has 1 rings (SSSR count). The second-order valence-electron chi connectivity index (χ2n) is 6.66. The summed E-state index contributed by atoms with van der Waals surface area (Å²) < 4.78 is 5.80. The first-order valence-electron chi connectivity index (χ1n) is 9.67. The molecule has 0 radical (unpaired) electrons. The molecule has 1 aromatic carbocycles. The highest BCUT2D eigenvalue weighted by Crippen LogP contribution is 2.19. The monoisotopic (exact) mass is 374 g/mol. The topological polar surface area (TPSA) is 83.8 Å². The number of hydrogen-bond donors (Lipinski definition) is 2. The molecule has 2 N–H and O–H groups in total. The van der Waals surface area contributed by atoms with Crippen molar-refractivity contribution in [2.75, 3.05) is 6.61 Å². The maximum Gasteiger partial charge on any atom is 0.303 e. The Morgan fingerprint density at radius 1 is 1.04 bits per heavy atom. The van der Waals surface area contributed by atoms with Gasteiger partial charge in [-0.25, -0.2) is 0 Å². The van der Waals surface area contributed by atoms with Crippen LogP contribution in [0, 0.1) is 17.8 Å². The maximum absolute atomic E-state index is 10.8. The Bertz CT molecular complexity index is 626. The van der Waals surface area contributed by atoms with Gasteiger partial charge >= 0.3 is 11.9 Å². The van der Waals surface area contributed by atoms with Gasteiger partial charge in [-0.05, 0) is 37.3 Å². The average molecular weight is 374 g/mol. The Kier molecular flexibility index (Phi) is 11.4. The number of carboxylic acids is 2. The van der Waals surface area contributed by atoms with Crippen molar-refractivity contribution >= 4 is 11.9 Å². The van der Waals surface area contributed by atoms with Crippen LogP contribution in [0.2, 0.25) is 0 Å². The normalized spacial score (nSPS) is 10.3. The summed E-state index contributed by atoms with van der Waals surface area (Å²) in [5.41, 5.74) is 0.848. The highest BCUT2D eigenvalue weighted by atomic mass is 16.5. The molecule has 0 aliphatic heterocycles. The summed E-state index contributed by atoms with van der Waals surface area (Å²) in [5.74, 6) is 4.75. The molecule has 5 heteroatoms. The summed E-state index contributed by atoms with van der Waals surface area (Å²) in [6, 6.07) is 7.60. The van der Waals surface area contributed by atoms with Gasteiger partial charge in [0, 0.05) is 19.3 Å². The van der Waals surface area contributed by atoms with Gasteiger partial charge in [-0.15, -0.1) is 0 Å². The van der Waals surface area contributed by atoms with Gasteiger partial charge in [0.2, 0.25) is 0 Å². The van der Waals surface area contributed by atoms with Gasteiger partial charge in [0.15, 0.2) is 0 Å². The third-order valence-electron chi connectivity index (χ3n) is 4.21. The molecular formula is C22H30O5. The van der Waals surface area contributed by atoms with Crippen LogP contribution >= 0.6 is 0 Å². The largest absolute Gasteiger partial charge is 0.492 e. The Morgan fingerprint density at radius 3 is 2.41 bits per heavy atom. The predicted molar refractivity (Wildman–Crippen MR) is 105 cm³/mol. The summed E-state index contributed by atoms with van der Waals surface area (Å²) in [7, 11) is 0. The minimum atomic E-state index is -0.971. The molecule has 0 aliphatic rings. The number of unbranched alkanes of at least 4 members (excludes halogenated alkanes) is 4. The minimum absolute atomic E-state index is 0.133. The van der Waals surface area contributed by atoms with Crippen LogP contribution in [0.3, 0.4) is 0 Å². The molecule has 148 valence electrons. The summed E-state index contributed by atoms with van der Waals surface area (Å²) in [6.45, 7) is 2.59. The molecule has 27 heavy (non-hydrogen) atoms. The molecule has 0 fully saturated rings. The number of carboxylic acid groups (broad SMARTS) is 2. The van der Waals surface area contributed by atoms with E-state index in [1.807, 2.05) is 24.3 Å². The number of ether oxygens (including phenoxy) is 1. The van der Waals surface area contributed by atoms with Crippen LogP contribution in [0.4, 0.5) is 0 Å². The van der Waals surface area contributed by atoms with E-state index in [2.05, 4.69) is 18.8 Å². The molecule has 5 nitrogen and oxygen atoms in total. The lowest BCUT2D eigenvalue weighted by atomic mass is 9.96. The number of rotatable bonds is 13. The van der Waals surface area contributed by atoms with E-state index >= 15 is 0 Å². The van der Waals surface area contributed by atoms with Gasteiger partial charge in [-0.3, -0.25) is 9.59 Å². The number of aliphatic carboxylic acids is 2. The Morgan fingerprint density at radius 2 is 1.74 bits per heavy atom. The molecule has 0 saturated heterocycles. The van der Waals surface area contributed by atoms with E-state index in [4.69, 9.17) is 14.9 Å². The van der Waals surface area contributed by atoms with Crippen LogP contribution in [-0.2, 0) is 9.59 Å². The van der Waals surface area contributed by atoms with E-state index in [0.717, 1.165) is 18.4 Å². The van der Waals surface area contributed by atoms with Crippen LogP contribution < -0.4 is 4.74 Å². The zero-order chi connectivity index (χ0) is 19.9. The van der Waals surface area contributed by atoms with Crippen molar-refractivity contribution in [3.63, 3.8) is 0 Å². The quantitative estimate of drug-likeness (QED) is 0.385. The molecule has 0 unspecified atom stereocenters. The predicted octanol–water partition coefficient (Wildman–Crippen LogP) is 4.73. The van der Waals surface area contributed by atoms with Gasteiger partial charge in [-0.2, -0.15) is 0 Å². The third-order valence-corrected chi connectivity index (χ3v) is 4.21. The summed E-state index contributed by atoms with van der Waals surface area (Å²) >= 11 is 0. The van der Waals surface area contributed by atoms with E-state index in [0.29, 0.717) is 25.2 Å². The lowest BCUT2D eigenvalue weighted by Crippen LogP contribution is -2.14. The van der Waals surface area contributed by atoms with Crippen molar-refractivity contribution in [3.05, 3.63) is 29.8 Å². The van der Waals surface area contributed by atoms with Crippen LogP contribution in [0.1, 0.15) is 70.3 Å². The zero-order valence-electron chi connectivity index (χ0n) is 16.1. The molecule has 0 atom stereocenters. The highest BCUT2D eigenvalue weighted by molar-refractivity contribution is 5.70. The Labute approximate surface area is 161 Å². The van der Waals surface area contributed by atoms with E-state index in [1.54, 1.807) is 0 Å². The molecule has 0 bridgehead atoms. The van der Waals surface area contributed by atoms with Crippen molar-refractivity contribution in [1.82, 2.24) is 0 Å². The van der Waals surface area contributed by atoms with Crippen molar-refractivity contribution in [3.8, 4) is 17.6 Å². The van der Waals surface area contributed by atoms with E-state index < -0.39 is 11.9 Å². The molecule has 0 spiro atoms. The second-order valence-corrected chi connectivity index (χ2v) is 6.66. The summed E-state index contributed by atoms with van der Waals surface area (Å²) in [5, 5.41) is 17.8. The first kappa shape index (κ1) is 22.6. The van der Waals surface area contributed by atoms with Crippen molar-refractivity contribution in [2.45, 2.75) is 64.7 Å². The van der Waals surface area contributed by atoms with Crippen LogP contribution in [0.15, 0.2) is 24.3 Å². The van der Waals surface area contributed by atoms with Crippen LogP contribution in [0.25, 0.3) is 0 Å². The lowest BCUT2D eigenvalue weighted by molar-refractivity contribution is -0.140. The van der Waals surface area contributed by atoms with E-state index in [-0.39, 0.29) is 18.8 Å². The second kappa shape index (κ2) is 13.7. The number of carbonyl (C=O) groups is 2. The van der Waals surface area contributed by atoms with Crippen molar-refractivity contribution in [1.29, 1.82) is 0 Å². The molecule has 0 saturated carbocycles. The smallest absolute Gasteiger partial charge is 0.303 e. The van der Waals surface area contributed by atoms with Crippen molar-refractivity contribution < 1.29 is 24.5 Å². The molecule has 0 aromatic heterocycles. The fourth-order valence-electron chi connectivity index (χ4n) is 2.82. The first-order valence-corrected chi connectivity index (χ1v) is 9.67. The minimum Gasteiger partial charge on any atom is -0.492 e. The standard InChI is InChI=1S/C22H30O5/c1-2-3-4-5-6-7-12-19-13-8-9-14-20(19)27-15-10-11-18(16-21(23)24)17-22(25)26/h8-9,13-14,18H,2-6,10-11,15-17H2,1H3,(H,23,24)(H,25,26). The molecule has 0 aliphatic carbocycles. The Balaban J connectivity index is 2.46. The molecule has 1 aromatic rings. The van der Waals surface area contributed by atoms with Gasteiger partial charge in [-0.1, -0.05) is 50.2 Å². The lowest BCUT2D eigenvalue weighted by Gasteiger charge is -2.13. The number of hydrogen-bond acceptors (Lipinski definition) is 3. The first-order chi connectivity index (χ1) is 13.0. The number of benzene rings is 1. The van der Waals surface area contributed by atoms with E-state index in [9.17, 15) is 9.59 Å². The third kappa shape index (κ3) is 11.0. The SMILES string of the molecule is CCCCCCC#Cc1ccccc1OCCCC(CC(=O)O)CC(=O)O. The van der Waals surface area contributed by atoms with Gasteiger partial charge in [0.1, 0.15) is 5.75 Å². The fourth-order valence-corrected chi connectivity index (χ4v) is 2.82. The van der Waals surface area contributed by atoms with Gasteiger partial charge < -0.3 is 14.9 Å². The molecule has 0 heterocycles. The maximum atomic E-state index is 10.8. The number of para-hydroxylation sites is 1. The van der Waals surface area contributed by atoms with E-state index in [1.165, 1.54) is 19.3 Å². The van der Waals surface area contributed by atoms with Crippen molar-refractivity contribution in [2.24, 2.45) is 5.92 Å². The Hall–Kier alpha value is -2.48. The molecular weight excluding hydrogens is 344 g/mol. The average Bonchev–Trinajstić information content (AvgIpc) is 2.61. The highest BCUT2D eigenvalue weighted by Gasteiger charge is 2.16. The summed E-state index contributed by atoms with van der Waals surface area (Å²) in [6.07, 6.45) is 6.48. The van der Waals surface area contributed by atoms with Gasteiger partial charge in [0.25, 0.3) is 0 Å². The van der Waals surface area contributed by atoms with Gasteiger partial charge in [0.05, 0.1) is 12.2 Å².